The summed E-state index contributed by atoms with van der Waals surface area (Å²) in [5, 5.41) is 2.58. The van der Waals surface area contributed by atoms with Crippen LogP contribution in [0.3, 0.4) is 0 Å². The highest BCUT2D eigenvalue weighted by atomic mass is 16.1. The van der Waals surface area contributed by atoms with E-state index in [0.717, 1.165) is 12.0 Å². The Balaban J connectivity index is 2.58. The third-order valence-corrected chi connectivity index (χ3v) is 4.68. The van der Waals surface area contributed by atoms with Gasteiger partial charge in [-0.3, -0.25) is 4.79 Å². The molecule has 0 fully saturated rings. The molecule has 92 valence electrons. The van der Waals surface area contributed by atoms with E-state index in [1.807, 2.05) is 6.92 Å². The summed E-state index contributed by atoms with van der Waals surface area (Å²) in [6.07, 6.45) is 1.53. The number of hydrogen-bond donors (Lipinski definition) is 0. The van der Waals surface area contributed by atoms with Gasteiger partial charge in [0.2, 0.25) is 0 Å². The van der Waals surface area contributed by atoms with Crippen LogP contribution in [0, 0.1) is 13.8 Å². The van der Waals surface area contributed by atoms with E-state index in [0.29, 0.717) is 6.42 Å². The van der Waals surface area contributed by atoms with E-state index < -0.39 is 0 Å². The van der Waals surface area contributed by atoms with Crippen LogP contribution in [-0.4, -0.2) is 5.78 Å². The summed E-state index contributed by atoms with van der Waals surface area (Å²) in [5.41, 5.74) is 8.72. The van der Waals surface area contributed by atoms with Gasteiger partial charge in [-0.15, -0.1) is 0 Å². The maximum Gasteiger partial charge on any atom is 0.163 e. The lowest BCUT2D eigenvalue weighted by Crippen LogP contribution is -2.24. The number of Topliss-reactive ketones (excluding diaryl/α,β-unsaturated/α-hetero) is 1. The van der Waals surface area contributed by atoms with E-state index in [4.69, 9.17) is 0 Å². The Morgan fingerprint density at radius 2 is 1.33 bits per heavy atom. The molecule has 0 unspecified atom stereocenters. The van der Waals surface area contributed by atoms with Crippen molar-refractivity contribution in [3.8, 4) is 0 Å². The molecular formula is C17H18O. The first-order valence-electron chi connectivity index (χ1n) is 6.47. The minimum absolute atomic E-state index is 0.288. The number of fused-ring (bicyclic) bond motifs is 2. The predicted octanol–water partition coefficient (Wildman–Crippen LogP) is 1.88. The predicted molar refractivity (Wildman–Crippen MR) is 74.9 cm³/mol. The van der Waals surface area contributed by atoms with Crippen molar-refractivity contribution in [2.24, 2.45) is 0 Å². The van der Waals surface area contributed by atoms with Crippen molar-refractivity contribution in [2.75, 3.05) is 0 Å². The van der Waals surface area contributed by atoms with Gasteiger partial charge in [0.05, 0.1) is 0 Å². The molecule has 1 aromatic rings. The van der Waals surface area contributed by atoms with Crippen molar-refractivity contribution in [3.63, 3.8) is 0 Å². The van der Waals surface area contributed by atoms with Crippen LogP contribution in [-0.2, 0) is 17.6 Å². The van der Waals surface area contributed by atoms with Gasteiger partial charge in [0, 0.05) is 12.0 Å². The summed E-state index contributed by atoms with van der Waals surface area (Å²) >= 11 is 0. The lowest BCUT2D eigenvalue weighted by atomic mass is 9.95. The smallest absolute Gasteiger partial charge is 0.163 e. The molecule has 1 nitrogen and oxygen atoms in total. The van der Waals surface area contributed by atoms with Gasteiger partial charge in [0.25, 0.3) is 0 Å². The van der Waals surface area contributed by atoms with Crippen molar-refractivity contribution in [2.45, 2.75) is 40.5 Å². The van der Waals surface area contributed by atoms with Gasteiger partial charge in [-0.25, -0.2) is 0 Å². The fourth-order valence-corrected chi connectivity index (χ4v) is 3.54. The molecule has 0 N–H and O–H groups in total. The lowest BCUT2D eigenvalue weighted by Gasteiger charge is -2.09. The minimum Gasteiger partial charge on any atom is -0.294 e. The summed E-state index contributed by atoms with van der Waals surface area (Å²) in [6, 6.07) is 0. The molecule has 0 amide bonds. The molecule has 0 bridgehead atoms. The van der Waals surface area contributed by atoms with Crippen LogP contribution in [0.5, 0.6) is 0 Å². The zero-order chi connectivity index (χ0) is 13.2. The van der Waals surface area contributed by atoms with Crippen molar-refractivity contribution in [1.82, 2.24) is 0 Å². The zero-order valence-corrected chi connectivity index (χ0v) is 11.5. The van der Waals surface area contributed by atoms with Gasteiger partial charge in [0.1, 0.15) is 0 Å². The molecule has 3 rings (SSSR count). The molecule has 0 aliphatic heterocycles. The van der Waals surface area contributed by atoms with Crippen molar-refractivity contribution in [1.29, 1.82) is 0 Å². The van der Waals surface area contributed by atoms with Crippen molar-refractivity contribution in [3.05, 3.63) is 44.8 Å². The Hall–Kier alpha value is -1.63. The number of hydrogen-bond acceptors (Lipinski definition) is 1. The molecule has 0 saturated carbocycles. The number of benzene rings is 1. The Kier molecular flexibility index (Phi) is 2.19. The van der Waals surface area contributed by atoms with Crippen LogP contribution in [0.2, 0.25) is 0 Å². The molecule has 0 saturated heterocycles. The number of carbonyl (C=O) groups is 1. The summed E-state index contributed by atoms with van der Waals surface area (Å²) in [4.78, 5) is 11.9. The maximum atomic E-state index is 11.9. The normalized spacial score (nSPS) is 17.6. The molecule has 0 spiro atoms. The molecular weight excluding hydrogens is 220 g/mol. The first-order chi connectivity index (χ1) is 8.43. The van der Waals surface area contributed by atoms with Crippen LogP contribution in [0.1, 0.15) is 36.1 Å². The van der Waals surface area contributed by atoms with Gasteiger partial charge < -0.3 is 0 Å². The Labute approximate surface area is 108 Å². The van der Waals surface area contributed by atoms with Gasteiger partial charge >= 0.3 is 0 Å². The van der Waals surface area contributed by atoms with Crippen LogP contribution in [0.15, 0.2) is 12.2 Å². The van der Waals surface area contributed by atoms with E-state index in [9.17, 15) is 4.79 Å². The highest BCUT2D eigenvalue weighted by Crippen LogP contribution is 2.25. The van der Waals surface area contributed by atoms with Crippen LogP contribution < -0.4 is 10.4 Å². The number of ketones is 1. The monoisotopic (exact) mass is 238 g/mol. The van der Waals surface area contributed by atoms with E-state index in [-0.39, 0.29) is 5.78 Å². The number of allylic oxidation sites excluding steroid dienone is 1. The molecule has 0 atom stereocenters. The summed E-state index contributed by atoms with van der Waals surface area (Å²) < 4.78 is 0. The summed E-state index contributed by atoms with van der Waals surface area (Å²) in [7, 11) is 0. The van der Waals surface area contributed by atoms with E-state index in [1.165, 1.54) is 43.8 Å². The Bertz CT molecular complexity index is 679. The molecule has 0 heterocycles. The fourth-order valence-electron chi connectivity index (χ4n) is 3.54. The largest absolute Gasteiger partial charge is 0.294 e. The molecule has 1 heteroatoms. The van der Waals surface area contributed by atoms with Crippen molar-refractivity contribution >= 4 is 16.9 Å². The lowest BCUT2D eigenvalue weighted by molar-refractivity contribution is -0.113. The Morgan fingerprint density at radius 3 is 1.94 bits per heavy atom. The number of rotatable bonds is 0. The second-order valence-corrected chi connectivity index (χ2v) is 5.59. The average Bonchev–Trinajstić information content (AvgIpc) is 2.78. The standard InChI is InChI=1S/C17H18O/c1-8-6-13-10(3)17-12(5)15(18)7-14(17)11(4)16(13)9(8)2/h1,6-7H2,2-5H3. The minimum atomic E-state index is 0.288. The van der Waals surface area contributed by atoms with Crippen molar-refractivity contribution < 1.29 is 4.79 Å². The zero-order valence-electron chi connectivity index (χ0n) is 11.5. The highest BCUT2D eigenvalue weighted by molar-refractivity contribution is 6.17. The molecule has 2 aliphatic rings. The van der Waals surface area contributed by atoms with E-state index >= 15 is 0 Å². The van der Waals surface area contributed by atoms with Gasteiger partial charge in [-0.1, -0.05) is 6.58 Å². The third kappa shape index (κ3) is 1.19. The summed E-state index contributed by atoms with van der Waals surface area (Å²) in [6.45, 7) is 12.6. The first-order valence-corrected chi connectivity index (χ1v) is 6.47. The SMILES string of the molecule is C=C1Cc2c(C)c3c(c(C)c2=C1C)CC(=O)C=3C. The average molecular weight is 238 g/mol. The first kappa shape index (κ1) is 11.5. The van der Waals surface area contributed by atoms with Gasteiger partial charge in [0.15, 0.2) is 5.78 Å². The highest BCUT2D eigenvalue weighted by Gasteiger charge is 2.26. The van der Waals surface area contributed by atoms with E-state index in [2.05, 4.69) is 27.4 Å². The fraction of sp³-hybridized carbons (Fsp3) is 0.353. The second-order valence-electron chi connectivity index (χ2n) is 5.59. The molecule has 2 aliphatic carbocycles. The quantitative estimate of drug-likeness (QED) is 0.674. The molecule has 0 radical (unpaired) electrons. The van der Waals surface area contributed by atoms with Crippen LogP contribution in [0.25, 0.3) is 11.1 Å². The maximum absolute atomic E-state index is 11.9. The Morgan fingerprint density at radius 1 is 0.833 bits per heavy atom. The second kappa shape index (κ2) is 3.44. The van der Waals surface area contributed by atoms with Crippen LogP contribution in [0.4, 0.5) is 0 Å². The van der Waals surface area contributed by atoms with E-state index in [1.54, 1.807) is 0 Å². The van der Waals surface area contributed by atoms with Gasteiger partial charge in [-0.05, 0) is 78.0 Å². The number of carbonyl (C=O) groups excluding carboxylic acids is 1. The van der Waals surface area contributed by atoms with Gasteiger partial charge in [-0.2, -0.15) is 0 Å². The topological polar surface area (TPSA) is 17.1 Å². The summed E-state index contributed by atoms with van der Waals surface area (Å²) in [5.74, 6) is 0.288. The molecule has 18 heavy (non-hydrogen) atoms. The van der Waals surface area contributed by atoms with Crippen LogP contribution >= 0.6 is 0 Å². The third-order valence-electron chi connectivity index (χ3n) is 4.68. The molecule has 0 aromatic heterocycles. The molecule has 1 aromatic carbocycles.